The summed E-state index contributed by atoms with van der Waals surface area (Å²) in [5, 5.41) is 0. The third kappa shape index (κ3) is 4.13. The molecule has 0 aromatic rings. The van der Waals surface area contributed by atoms with Gasteiger partial charge in [0.25, 0.3) is 0 Å². The lowest BCUT2D eigenvalue weighted by Gasteiger charge is -2.25. The van der Waals surface area contributed by atoms with E-state index in [0.717, 1.165) is 43.4 Å². The largest absolute Gasteiger partial charge is 0.363 e. The standard InChI is InChI=1S/C15H24N2O/c1-12(5-10-15(16-2)17(3)4)14-8-6-13(11-18)7-9-14/h5,10-11,13-14H,1,6-9H2,2-4H3/b10-5-,16-15?. The summed E-state index contributed by atoms with van der Waals surface area (Å²) >= 11 is 0. The minimum Gasteiger partial charge on any atom is -0.363 e. The minimum atomic E-state index is 0.271. The molecule has 1 saturated carbocycles. The van der Waals surface area contributed by atoms with E-state index in [1.165, 1.54) is 0 Å². The number of nitrogens with zero attached hydrogens (tertiary/aromatic N) is 2. The van der Waals surface area contributed by atoms with Crippen LogP contribution >= 0.6 is 0 Å². The van der Waals surface area contributed by atoms with Gasteiger partial charge in [-0.15, -0.1) is 0 Å². The van der Waals surface area contributed by atoms with Crippen molar-refractivity contribution in [3.8, 4) is 0 Å². The summed E-state index contributed by atoms with van der Waals surface area (Å²) in [7, 11) is 5.74. The highest BCUT2D eigenvalue weighted by molar-refractivity contribution is 5.92. The van der Waals surface area contributed by atoms with Gasteiger partial charge < -0.3 is 9.69 Å². The lowest BCUT2D eigenvalue weighted by atomic mass is 9.79. The summed E-state index contributed by atoms with van der Waals surface area (Å²) in [6.45, 7) is 4.15. The zero-order valence-corrected chi connectivity index (χ0v) is 11.7. The Kier molecular flexibility index (Phi) is 5.83. The average molecular weight is 248 g/mol. The molecule has 0 radical (unpaired) electrons. The summed E-state index contributed by atoms with van der Waals surface area (Å²) in [6.07, 6.45) is 9.33. The Morgan fingerprint density at radius 1 is 1.22 bits per heavy atom. The quantitative estimate of drug-likeness (QED) is 0.332. The molecule has 0 bridgehead atoms. The van der Waals surface area contributed by atoms with Gasteiger partial charge in [-0.25, -0.2) is 0 Å². The Morgan fingerprint density at radius 3 is 2.28 bits per heavy atom. The molecule has 1 rings (SSSR count). The van der Waals surface area contributed by atoms with Crippen molar-refractivity contribution in [1.29, 1.82) is 0 Å². The van der Waals surface area contributed by atoms with Gasteiger partial charge in [-0.05, 0) is 37.7 Å². The molecule has 1 fully saturated rings. The van der Waals surface area contributed by atoms with Crippen molar-refractivity contribution in [3.63, 3.8) is 0 Å². The van der Waals surface area contributed by atoms with Gasteiger partial charge in [-0.2, -0.15) is 0 Å². The highest BCUT2D eigenvalue weighted by atomic mass is 16.1. The van der Waals surface area contributed by atoms with Crippen molar-refractivity contribution in [2.24, 2.45) is 16.8 Å². The highest BCUT2D eigenvalue weighted by Gasteiger charge is 2.21. The number of hydrogen-bond acceptors (Lipinski definition) is 2. The second-order valence-corrected chi connectivity index (χ2v) is 5.13. The van der Waals surface area contributed by atoms with Crippen molar-refractivity contribution < 1.29 is 4.79 Å². The van der Waals surface area contributed by atoms with E-state index in [2.05, 4.69) is 17.6 Å². The van der Waals surface area contributed by atoms with Crippen molar-refractivity contribution in [2.45, 2.75) is 25.7 Å². The number of hydrogen-bond donors (Lipinski definition) is 0. The highest BCUT2D eigenvalue weighted by Crippen LogP contribution is 2.32. The molecular weight excluding hydrogens is 224 g/mol. The summed E-state index contributed by atoms with van der Waals surface area (Å²) in [4.78, 5) is 16.9. The predicted octanol–water partition coefficient (Wildman–Crippen LogP) is 2.69. The maximum Gasteiger partial charge on any atom is 0.123 e. The van der Waals surface area contributed by atoms with Crippen LogP contribution in [0.3, 0.4) is 0 Å². The molecule has 0 aromatic carbocycles. The Bertz CT molecular complexity index is 348. The molecule has 1 aliphatic carbocycles. The number of aliphatic imine (C=N–C) groups is 1. The van der Waals surface area contributed by atoms with Gasteiger partial charge in [0.1, 0.15) is 12.1 Å². The second-order valence-electron chi connectivity index (χ2n) is 5.13. The van der Waals surface area contributed by atoms with Crippen molar-refractivity contribution in [1.82, 2.24) is 4.90 Å². The second kappa shape index (κ2) is 7.14. The van der Waals surface area contributed by atoms with E-state index < -0.39 is 0 Å². The zero-order chi connectivity index (χ0) is 13.5. The number of likely N-dealkylation sites (N-methyl/N-ethyl adjacent to an activating group) is 1. The Morgan fingerprint density at radius 2 is 1.83 bits per heavy atom. The van der Waals surface area contributed by atoms with Gasteiger partial charge in [0.2, 0.25) is 0 Å². The molecule has 3 heteroatoms. The van der Waals surface area contributed by atoms with Gasteiger partial charge in [0.05, 0.1) is 0 Å². The van der Waals surface area contributed by atoms with Crippen LogP contribution in [0.4, 0.5) is 0 Å². The number of allylic oxidation sites excluding steroid dienone is 2. The van der Waals surface area contributed by atoms with E-state index in [1.54, 1.807) is 7.05 Å². The molecule has 0 saturated heterocycles. The van der Waals surface area contributed by atoms with E-state index in [1.807, 2.05) is 25.1 Å². The van der Waals surface area contributed by atoms with E-state index in [4.69, 9.17) is 0 Å². The first-order valence-corrected chi connectivity index (χ1v) is 6.54. The maximum atomic E-state index is 10.7. The average Bonchev–Trinajstić information content (AvgIpc) is 2.39. The molecule has 100 valence electrons. The molecule has 0 N–H and O–H groups in total. The fraction of sp³-hybridized carbons (Fsp3) is 0.600. The number of carbonyl (C=O) groups is 1. The minimum absolute atomic E-state index is 0.271. The van der Waals surface area contributed by atoms with Gasteiger partial charge in [0.15, 0.2) is 0 Å². The normalized spacial score (nSPS) is 25.2. The SMILES string of the molecule is C=C(/C=C\C(=NC)N(C)C)C1CCC(C=O)CC1. The summed E-state index contributed by atoms with van der Waals surface area (Å²) < 4.78 is 0. The van der Waals surface area contributed by atoms with Crippen LogP contribution in [-0.2, 0) is 4.79 Å². The van der Waals surface area contributed by atoms with Crippen LogP contribution in [0.25, 0.3) is 0 Å². The van der Waals surface area contributed by atoms with Crippen molar-refractivity contribution in [2.75, 3.05) is 21.1 Å². The van der Waals surface area contributed by atoms with Crippen LogP contribution in [0.15, 0.2) is 29.3 Å². The maximum absolute atomic E-state index is 10.7. The molecule has 0 aliphatic heterocycles. The molecule has 1 aliphatic rings. The first-order valence-electron chi connectivity index (χ1n) is 6.54. The molecule has 0 atom stereocenters. The van der Waals surface area contributed by atoms with Gasteiger partial charge in [-0.3, -0.25) is 4.99 Å². The molecular formula is C15H24N2O. The molecule has 0 unspecified atom stereocenters. The monoisotopic (exact) mass is 248 g/mol. The Balaban J connectivity index is 2.51. The van der Waals surface area contributed by atoms with Crippen molar-refractivity contribution in [3.05, 3.63) is 24.3 Å². The number of amidine groups is 1. The fourth-order valence-electron chi connectivity index (χ4n) is 2.37. The molecule has 0 heterocycles. The van der Waals surface area contributed by atoms with Crippen LogP contribution in [0.1, 0.15) is 25.7 Å². The summed E-state index contributed by atoms with van der Waals surface area (Å²) in [6, 6.07) is 0. The Hall–Kier alpha value is -1.38. The molecule has 0 amide bonds. The van der Waals surface area contributed by atoms with Crippen LogP contribution in [0, 0.1) is 11.8 Å². The lowest BCUT2D eigenvalue weighted by Crippen LogP contribution is -2.20. The first kappa shape index (κ1) is 14.7. The molecule has 0 spiro atoms. The van der Waals surface area contributed by atoms with Crippen LogP contribution < -0.4 is 0 Å². The van der Waals surface area contributed by atoms with Crippen molar-refractivity contribution >= 4 is 12.1 Å². The van der Waals surface area contributed by atoms with Gasteiger partial charge >= 0.3 is 0 Å². The number of carbonyl (C=O) groups excluding carboxylic acids is 1. The third-order valence-corrected chi connectivity index (χ3v) is 3.62. The van der Waals surface area contributed by atoms with Gasteiger partial charge in [-0.1, -0.05) is 18.2 Å². The van der Waals surface area contributed by atoms with Gasteiger partial charge in [0, 0.05) is 27.1 Å². The number of aldehydes is 1. The Labute approximate surface area is 110 Å². The molecule has 3 nitrogen and oxygen atoms in total. The van der Waals surface area contributed by atoms with E-state index in [9.17, 15) is 4.79 Å². The summed E-state index contributed by atoms with van der Waals surface area (Å²) in [5.41, 5.74) is 1.15. The van der Waals surface area contributed by atoms with Crippen LogP contribution in [0.2, 0.25) is 0 Å². The smallest absolute Gasteiger partial charge is 0.123 e. The topological polar surface area (TPSA) is 32.7 Å². The van der Waals surface area contributed by atoms with Crippen LogP contribution in [-0.4, -0.2) is 38.2 Å². The molecule has 0 aromatic heterocycles. The lowest BCUT2D eigenvalue weighted by molar-refractivity contribution is -0.112. The van der Waals surface area contributed by atoms with E-state index in [0.29, 0.717) is 5.92 Å². The van der Waals surface area contributed by atoms with E-state index in [-0.39, 0.29) is 5.92 Å². The number of rotatable bonds is 4. The third-order valence-electron chi connectivity index (χ3n) is 3.62. The molecule has 18 heavy (non-hydrogen) atoms. The van der Waals surface area contributed by atoms with E-state index >= 15 is 0 Å². The predicted molar refractivity (Wildman–Crippen MR) is 76.8 cm³/mol. The fourth-order valence-corrected chi connectivity index (χ4v) is 2.37. The zero-order valence-electron chi connectivity index (χ0n) is 11.7. The first-order chi connectivity index (χ1) is 8.58. The van der Waals surface area contributed by atoms with Crippen LogP contribution in [0.5, 0.6) is 0 Å². The summed E-state index contributed by atoms with van der Waals surface area (Å²) in [5.74, 6) is 1.74.